The minimum atomic E-state index is 0.557. The van der Waals surface area contributed by atoms with E-state index in [0.29, 0.717) is 19.1 Å². The second-order valence-corrected chi connectivity index (χ2v) is 8.32. The number of aryl methyl sites for hydroxylation is 1. The summed E-state index contributed by atoms with van der Waals surface area (Å²) in [7, 11) is 1.77. The summed E-state index contributed by atoms with van der Waals surface area (Å²) in [4.78, 5) is 4.32. The van der Waals surface area contributed by atoms with Crippen LogP contribution in [0.4, 0.5) is 5.69 Å². The predicted molar refractivity (Wildman–Crippen MR) is 122 cm³/mol. The third-order valence-electron chi connectivity index (χ3n) is 4.63. The molecular formula is C21H32N6O2S. The third kappa shape index (κ3) is 6.04. The fraction of sp³-hybridized carbons (Fsp3) is 0.571. The van der Waals surface area contributed by atoms with Crippen molar-refractivity contribution in [2.75, 3.05) is 38.4 Å². The van der Waals surface area contributed by atoms with Crippen LogP contribution in [0.2, 0.25) is 0 Å². The molecule has 8 nitrogen and oxygen atoms in total. The molecule has 1 aromatic heterocycles. The number of anilines is 1. The molecule has 1 aliphatic heterocycles. The van der Waals surface area contributed by atoms with E-state index in [1.165, 1.54) is 0 Å². The predicted octanol–water partition coefficient (Wildman–Crippen LogP) is 3.44. The maximum Gasteiger partial charge on any atom is 0.195 e. The van der Waals surface area contributed by atoms with Gasteiger partial charge in [0.15, 0.2) is 22.6 Å². The highest BCUT2D eigenvalue weighted by atomic mass is 32.2. The van der Waals surface area contributed by atoms with Crippen molar-refractivity contribution in [3.8, 4) is 11.5 Å². The first-order valence-corrected chi connectivity index (χ1v) is 11.7. The first kappa shape index (κ1) is 22.3. The summed E-state index contributed by atoms with van der Waals surface area (Å²) in [5.41, 5.74) is 0.911. The molecule has 2 aromatic rings. The van der Waals surface area contributed by atoms with Gasteiger partial charge < -0.3 is 24.7 Å². The van der Waals surface area contributed by atoms with Gasteiger partial charge in [0.1, 0.15) is 5.82 Å². The van der Waals surface area contributed by atoms with Crippen molar-refractivity contribution >= 4 is 23.4 Å². The molecule has 0 bridgehead atoms. The number of thioether (sulfide) groups is 1. The fourth-order valence-electron chi connectivity index (χ4n) is 3.21. The lowest BCUT2D eigenvalue weighted by Gasteiger charge is -2.14. The molecule has 0 unspecified atom stereocenters. The standard InChI is InChI=1S/C21H32N6O2S/c1-15(2)14-27-19(25-26-21(27)30-4)7-5-10-23-20(22-3)24-16-8-9-17-18(13-16)29-12-6-11-28-17/h8-9,13,15H,5-7,10-12,14H2,1-4H3,(H2,22,23,24). The lowest BCUT2D eigenvalue weighted by molar-refractivity contribution is 0.297. The number of nitrogens with one attached hydrogen (secondary N) is 2. The van der Waals surface area contributed by atoms with E-state index in [0.717, 1.165) is 66.5 Å². The smallest absolute Gasteiger partial charge is 0.195 e. The number of aliphatic imine (C=N–C) groups is 1. The Bertz CT molecular complexity index is 852. The average Bonchev–Trinajstić information content (AvgIpc) is 2.95. The number of rotatable bonds is 8. The highest BCUT2D eigenvalue weighted by Gasteiger charge is 2.13. The Labute approximate surface area is 182 Å². The maximum atomic E-state index is 5.76. The SMILES string of the molecule is CN=C(NCCCc1nnc(SC)n1CC(C)C)Nc1ccc2c(c1)OCCCO2. The van der Waals surface area contributed by atoms with Crippen LogP contribution in [0.15, 0.2) is 28.3 Å². The Balaban J connectivity index is 1.51. The van der Waals surface area contributed by atoms with E-state index in [-0.39, 0.29) is 0 Å². The minimum Gasteiger partial charge on any atom is -0.490 e. The first-order valence-electron chi connectivity index (χ1n) is 10.4. The van der Waals surface area contributed by atoms with Crippen LogP contribution < -0.4 is 20.1 Å². The van der Waals surface area contributed by atoms with E-state index in [4.69, 9.17) is 9.47 Å². The zero-order valence-electron chi connectivity index (χ0n) is 18.3. The van der Waals surface area contributed by atoms with Crippen LogP contribution in [0.25, 0.3) is 0 Å². The molecule has 1 aromatic carbocycles. The Morgan fingerprint density at radius 1 is 1.23 bits per heavy atom. The second kappa shape index (κ2) is 11.1. The first-order chi connectivity index (χ1) is 14.6. The molecule has 0 aliphatic carbocycles. The van der Waals surface area contributed by atoms with Crippen LogP contribution >= 0.6 is 11.8 Å². The molecule has 30 heavy (non-hydrogen) atoms. The summed E-state index contributed by atoms with van der Waals surface area (Å²) in [5, 5.41) is 16.4. The molecule has 1 aliphatic rings. The quantitative estimate of drug-likeness (QED) is 0.286. The molecule has 164 valence electrons. The van der Waals surface area contributed by atoms with Gasteiger partial charge in [0.05, 0.1) is 13.2 Å². The molecule has 0 saturated heterocycles. The zero-order chi connectivity index (χ0) is 21.3. The van der Waals surface area contributed by atoms with Crippen molar-refractivity contribution < 1.29 is 9.47 Å². The summed E-state index contributed by atoms with van der Waals surface area (Å²) in [5.74, 6) is 3.87. The fourth-order valence-corrected chi connectivity index (χ4v) is 3.74. The lowest BCUT2D eigenvalue weighted by atomic mass is 10.2. The number of benzene rings is 1. The number of fused-ring (bicyclic) bond motifs is 1. The van der Waals surface area contributed by atoms with Gasteiger partial charge >= 0.3 is 0 Å². The van der Waals surface area contributed by atoms with Crippen LogP contribution in [-0.2, 0) is 13.0 Å². The van der Waals surface area contributed by atoms with Gasteiger partial charge in [0.25, 0.3) is 0 Å². The average molecular weight is 433 g/mol. The topological polar surface area (TPSA) is 85.6 Å². The number of nitrogens with zero attached hydrogens (tertiary/aromatic N) is 4. The van der Waals surface area contributed by atoms with Crippen LogP contribution in [0, 0.1) is 5.92 Å². The van der Waals surface area contributed by atoms with Crippen LogP contribution in [0.1, 0.15) is 32.5 Å². The van der Waals surface area contributed by atoms with E-state index >= 15 is 0 Å². The van der Waals surface area contributed by atoms with E-state index in [2.05, 4.69) is 44.2 Å². The lowest BCUT2D eigenvalue weighted by Crippen LogP contribution is -2.31. The molecular weight excluding hydrogens is 400 g/mol. The van der Waals surface area contributed by atoms with Gasteiger partial charge in [-0.3, -0.25) is 4.99 Å². The van der Waals surface area contributed by atoms with Crippen molar-refractivity contribution in [3.05, 3.63) is 24.0 Å². The molecule has 0 fully saturated rings. The van der Waals surface area contributed by atoms with Crippen molar-refractivity contribution in [1.29, 1.82) is 0 Å². The Kier molecular flexibility index (Phi) is 8.24. The minimum absolute atomic E-state index is 0.557. The van der Waals surface area contributed by atoms with Gasteiger partial charge in [-0.1, -0.05) is 25.6 Å². The monoisotopic (exact) mass is 432 g/mol. The molecule has 3 rings (SSSR count). The van der Waals surface area contributed by atoms with E-state index in [1.807, 2.05) is 24.5 Å². The summed E-state index contributed by atoms with van der Waals surface area (Å²) in [6, 6.07) is 5.85. The summed E-state index contributed by atoms with van der Waals surface area (Å²) >= 11 is 1.64. The second-order valence-electron chi connectivity index (χ2n) is 7.55. The van der Waals surface area contributed by atoms with Crippen molar-refractivity contribution in [1.82, 2.24) is 20.1 Å². The molecule has 9 heteroatoms. The highest BCUT2D eigenvalue weighted by Crippen LogP contribution is 2.32. The molecule has 2 N–H and O–H groups in total. The summed E-state index contributed by atoms with van der Waals surface area (Å²) in [6.07, 6.45) is 4.74. The number of hydrogen-bond donors (Lipinski definition) is 2. The summed E-state index contributed by atoms with van der Waals surface area (Å²) < 4.78 is 13.7. The largest absolute Gasteiger partial charge is 0.490 e. The number of ether oxygens (including phenoxy) is 2. The van der Waals surface area contributed by atoms with E-state index in [9.17, 15) is 0 Å². The molecule has 0 saturated carbocycles. The van der Waals surface area contributed by atoms with Crippen molar-refractivity contribution in [2.45, 2.75) is 44.8 Å². The van der Waals surface area contributed by atoms with Crippen molar-refractivity contribution in [2.24, 2.45) is 10.9 Å². The Morgan fingerprint density at radius 3 is 2.77 bits per heavy atom. The molecule has 0 amide bonds. The Morgan fingerprint density at radius 2 is 2.03 bits per heavy atom. The third-order valence-corrected chi connectivity index (χ3v) is 5.29. The van der Waals surface area contributed by atoms with Crippen LogP contribution in [-0.4, -0.2) is 53.8 Å². The normalized spacial score (nSPS) is 14.0. The van der Waals surface area contributed by atoms with Crippen LogP contribution in [0.5, 0.6) is 11.5 Å². The van der Waals surface area contributed by atoms with Crippen molar-refractivity contribution in [3.63, 3.8) is 0 Å². The number of hydrogen-bond acceptors (Lipinski definition) is 6. The zero-order valence-corrected chi connectivity index (χ0v) is 19.1. The molecule has 2 heterocycles. The van der Waals surface area contributed by atoms with Gasteiger partial charge in [0, 0.05) is 44.7 Å². The van der Waals surface area contributed by atoms with Gasteiger partial charge in [-0.2, -0.15) is 0 Å². The summed E-state index contributed by atoms with van der Waals surface area (Å²) in [6.45, 7) is 7.51. The van der Waals surface area contributed by atoms with Gasteiger partial charge in [0.2, 0.25) is 0 Å². The maximum absolute atomic E-state index is 5.76. The number of aromatic nitrogens is 3. The van der Waals surface area contributed by atoms with E-state index in [1.54, 1.807) is 18.8 Å². The van der Waals surface area contributed by atoms with Gasteiger partial charge in [-0.25, -0.2) is 0 Å². The molecule has 0 atom stereocenters. The Hall–Kier alpha value is -2.42. The van der Waals surface area contributed by atoms with E-state index < -0.39 is 0 Å². The number of guanidine groups is 1. The van der Waals surface area contributed by atoms with Gasteiger partial charge in [-0.05, 0) is 30.7 Å². The highest BCUT2D eigenvalue weighted by molar-refractivity contribution is 7.98. The molecule has 0 radical (unpaired) electrons. The van der Waals surface area contributed by atoms with Crippen LogP contribution in [0.3, 0.4) is 0 Å². The van der Waals surface area contributed by atoms with Gasteiger partial charge in [-0.15, -0.1) is 10.2 Å². The molecule has 0 spiro atoms.